The van der Waals surface area contributed by atoms with E-state index in [9.17, 15) is 37.5 Å². The van der Waals surface area contributed by atoms with E-state index in [1.54, 1.807) is 6.07 Å². The Balaban J connectivity index is 1.67. The first-order chi connectivity index (χ1) is 18.5. The maximum atomic E-state index is 14.4. The second-order valence-electron chi connectivity index (χ2n) is 9.42. The van der Waals surface area contributed by atoms with Crippen molar-refractivity contribution in [2.45, 2.75) is 38.8 Å². The molecule has 2 amide bonds. The zero-order chi connectivity index (χ0) is 28.3. The van der Waals surface area contributed by atoms with Crippen LogP contribution >= 0.6 is 0 Å². The van der Waals surface area contributed by atoms with Crippen LogP contribution in [0.4, 0.5) is 13.2 Å². The largest absolute Gasteiger partial charge is 0.382 e. The summed E-state index contributed by atoms with van der Waals surface area (Å²) in [6, 6.07) is 9.97. The molecule has 2 aromatic carbocycles. The molecule has 4 rings (SSSR count). The molecule has 11 heteroatoms. The lowest BCUT2D eigenvalue weighted by Gasteiger charge is -2.22. The summed E-state index contributed by atoms with van der Waals surface area (Å²) in [7, 11) is 0. The minimum absolute atomic E-state index is 0.0913. The lowest BCUT2D eigenvalue weighted by atomic mass is 9.93. The second-order valence-corrected chi connectivity index (χ2v) is 9.42. The van der Waals surface area contributed by atoms with Crippen LogP contribution in [0.25, 0.3) is 0 Å². The summed E-state index contributed by atoms with van der Waals surface area (Å²) in [5.41, 5.74) is 1.61. The molecule has 3 aromatic rings. The van der Waals surface area contributed by atoms with Crippen LogP contribution in [0.15, 0.2) is 59.5 Å². The summed E-state index contributed by atoms with van der Waals surface area (Å²) in [5.74, 6) is -5.76. The molecule has 1 aliphatic rings. The zero-order valence-electron chi connectivity index (χ0n) is 21.0. The average Bonchev–Trinajstić information content (AvgIpc) is 3.31. The predicted octanol–water partition coefficient (Wildman–Crippen LogP) is 2.74. The van der Waals surface area contributed by atoms with E-state index >= 15 is 0 Å². The predicted molar refractivity (Wildman–Crippen MR) is 134 cm³/mol. The molecule has 1 fully saturated rings. The van der Waals surface area contributed by atoms with Gasteiger partial charge in [0.1, 0.15) is 23.6 Å². The number of aromatic nitrogens is 1. The lowest BCUT2D eigenvalue weighted by Crippen LogP contribution is -2.50. The zero-order valence-corrected chi connectivity index (χ0v) is 21.0. The highest BCUT2D eigenvalue weighted by atomic mass is 19.1. The molecule has 1 saturated heterocycles. The molecular weight excluding hydrogens is 515 g/mol. The van der Waals surface area contributed by atoms with Gasteiger partial charge in [-0.15, -0.1) is 0 Å². The number of nitrogens with zero attached hydrogens (tertiary/aromatic N) is 2. The van der Waals surface area contributed by atoms with Gasteiger partial charge in [0.25, 0.3) is 11.5 Å². The molecular formula is C28H26F3N3O5. The number of hydrazine groups is 1. The van der Waals surface area contributed by atoms with Crippen LogP contribution < -0.4 is 11.0 Å². The Bertz CT molecular complexity index is 1490. The number of aliphatic hydroxyl groups excluding tert-OH is 1. The minimum atomic E-state index is -1.89. The van der Waals surface area contributed by atoms with E-state index in [-0.39, 0.29) is 48.5 Å². The van der Waals surface area contributed by atoms with Crippen molar-refractivity contribution in [3.63, 3.8) is 0 Å². The van der Waals surface area contributed by atoms with Crippen molar-refractivity contribution in [3.8, 4) is 0 Å². The number of Topliss-reactive ketones (excluding diaryl/α,β-unsaturated/α-hetero) is 1. The first-order valence-corrected chi connectivity index (χ1v) is 12.3. The van der Waals surface area contributed by atoms with Gasteiger partial charge in [-0.2, -0.15) is 0 Å². The molecule has 1 aromatic heterocycles. The van der Waals surface area contributed by atoms with Crippen molar-refractivity contribution < 1.29 is 32.7 Å². The Morgan fingerprint density at radius 3 is 2.44 bits per heavy atom. The summed E-state index contributed by atoms with van der Waals surface area (Å²) < 4.78 is 43.2. The van der Waals surface area contributed by atoms with Gasteiger partial charge in [-0.3, -0.25) is 29.6 Å². The molecule has 204 valence electrons. The fourth-order valence-corrected chi connectivity index (χ4v) is 4.36. The van der Waals surface area contributed by atoms with E-state index in [1.165, 1.54) is 43.5 Å². The molecule has 0 bridgehead atoms. The SMILES string of the molecule is CC(C(=O)c1cc(Cc2ccc(F)cc2F)cn(Cc2ccccc2F)c1=O)C(O)C(=O)NN1CCCC1=O. The third-order valence-electron chi connectivity index (χ3n) is 6.59. The third kappa shape index (κ3) is 6.26. The number of hydrogen-bond acceptors (Lipinski definition) is 5. The third-order valence-corrected chi connectivity index (χ3v) is 6.59. The fraction of sp³-hybridized carbons (Fsp3) is 0.286. The van der Waals surface area contributed by atoms with Gasteiger partial charge in [-0.1, -0.05) is 31.2 Å². The molecule has 2 heterocycles. The standard InChI is InChI=1S/C28H26F3N3O5/c1-16(26(37)27(38)32-34-10-4-7-24(34)35)25(36)21-12-17(11-18-8-9-20(29)13-23(18)31)14-33(28(21)39)15-19-5-2-3-6-22(19)30/h2-3,5-6,8-9,12-14,16,26,37H,4,7,10-11,15H2,1H3,(H,32,38). The molecule has 2 N–H and O–H groups in total. The van der Waals surface area contributed by atoms with Crippen LogP contribution in [-0.2, 0) is 22.6 Å². The highest BCUT2D eigenvalue weighted by Gasteiger charge is 2.33. The average molecular weight is 542 g/mol. The number of aliphatic hydroxyl groups is 1. The summed E-state index contributed by atoms with van der Waals surface area (Å²) in [4.78, 5) is 51.0. The van der Waals surface area contributed by atoms with Crippen LogP contribution in [0.2, 0.25) is 0 Å². The van der Waals surface area contributed by atoms with Crippen LogP contribution in [0.3, 0.4) is 0 Å². The lowest BCUT2D eigenvalue weighted by molar-refractivity contribution is -0.143. The number of ketones is 1. The van der Waals surface area contributed by atoms with Gasteiger partial charge in [-0.25, -0.2) is 13.2 Å². The first kappa shape index (κ1) is 27.8. The Kier molecular flexibility index (Phi) is 8.29. The summed E-state index contributed by atoms with van der Waals surface area (Å²) >= 11 is 0. The molecule has 0 saturated carbocycles. The van der Waals surface area contributed by atoms with E-state index in [2.05, 4.69) is 5.43 Å². The Morgan fingerprint density at radius 2 is 1.77 bits per heavy atom. The fourth-order valence-electron chi connectivity index (χ4n) is 4.36. The maximum absolute atomic E-state index is 14.4. The van der Waals surface area contributed by atoms with Crippen molar-refractivity contribution in [2.75, 3.05) is 6.54 Å². The molecule has 8 nitrogen and oxygen atoms in total. The van der Waals surface area contributed by atoms with E-state index in [4.69, 9.17) is 0 Å². The monoisotopic (exact) mass is 541 g/mol. The van der Waals surface area contributed by atoms with Crippen LogP contribution in [0, 0.1) is 23.4 Å². The van der Waals surface area contributed by atoms with Crippen LogP contribution in [-0.4, -0.2) is 44.9 Å². The van der Waals surface area contributed by atoms with E-state index in [1.807, 2.05) is 0 Å². The van der Waals surface area contributed by atoms with E-state index in [0.29, 0.717) is 12.5 Å². The number of halogens is 3. The number of pyridine rings is 1. The van der Waals surface area contributed by atoms with Crippen molar-refractivity contribution in [1.82, 2.24) is 15.0 Å². The van der Waals surface area contributed by atoms with Crippen LogP contribution in [0.1, 0.15) is 46.8 Å². The summed E-state index contributed by atoms with van der Waals surface area (Å²) in [6.07, 6.45) is 0.114. The highest BCUT2D eigenvalue weighted by Crippen LogP contribution is 2.19. The van der Waals surface area contributed by atoms with Gasteiger partial charge in [-0.05, 0) is 35.7 Å². The van der Waals surface area contributed by atoms with Gasteiger partial charge in [0.05, 0.1) is 18.0 Å². The molecule has 1 aliphatic heterocycles. The summed E-state index contributed by atoms with van der Waals surface area (Å²) in [6.45, 7) is 1.27. The smallest absolute Gasteiger partial charge is 0.268 e. The molecule has 0 spiro atoms. The van der Waals surface area contributed by atoms with Crippen molar-refractivity contribution in [1.29, 1.82) is 0 Å². The second kappa shape index (κ2) is 11.6. The van der Waals surface area contributed by atoms with Crippen molar-refractivity contribution in [2.24, 2.45) is 5.92 Å². The number of rotatable bonds is 9. The Morgan fingerprint density at radius 1 is 1.03 bits per heavy atom. The van der Waals surface area contributed by atoms with E-state index < -0.39 is 52.3 Å². The van der Waals surface area contributed by atoms with Crippen LogP contribution in [0.5, 0.6) is 0 Å². The highest BCUT2D eigenvalue weighted by molar-refractivity contribution is 6.01. The number of amides is 2. The summed E-state index contributed by atoms with van der Waals surface area (Å²) in [5, 5.41) is 11.6. The first-order valence-electron chi connectivity index (χ1n) is 12.3. The van der Waals surface area contributed by atoms with Gasteiger partial charge in [0, 0.05) is 37.2 Å². The number of benzene rings is 2. The van der Waals surface area contributed by atoms with E-state index in [0.717, 1.165) is 15.6 Å². The molecule has 0 aliphatic carbocycles. The van der Waals surface area contributed by atoms with Gasteiger partial charge in [0.2, 0.25) is 5.91 Å². The molecule has 39 heavy (non-hydrogen) atoms. The van der Waals surface area contributed by atoms with Crippen molar-refractivity contribution >= 4 is 17.6 Å². The number of carbonyl (C=O) groups is 3. The van der Waals surface area contributed by atoms with Gasteiger partial charge in [0.15, 0.2) is 5.78 Å². The normalized spacial score (nSPS) is 14.8. The number of carbonyl (C=O) groups excluding carboxylic acids is 3. The minimum Gasteiger partial charge on any atom is -0.382 e. The molecule has 2 atom stereocenters. The quantitative estimate of drug-likeness (QED) is 0.405. The van der Waals surface area contributed by atoms with Gasteiger partial charge >= 0.3 is 0 Å². The number of nitrogens with one attached hydrogen (secondary N) is 1. The topological polar surface area (TPSA) is 109 Å². The Labute approximate surface area is 221 Å². The van der Waals surface area contributed by atoms with Crippen molar-refractivity contribution in [3.05, 3.63) is 105 Å². The molecule has 2 unspecified atom stereocenters. The van der Waals surface area contributed by atoms with Gasteiger partial charge < -0.3 is 9.67 Å². The number of hydrogen-bond donors (Lipinski definition) is 2. The molecule has 0 radical (unpaired) electrons. The Hall–Kier alpha value is -4.25. The maximum Gasteiger partial charge on any atom is 0.268 e.